The maximum Gasteiger partial charge on any atom is 0.138 e. The summed E-state index contributed by atoms with van der Waals surface area (Å²) in [6, 6.07) is 48.4. The van der Waals surface area contributed by atoms with Crippen LogP contribution >= 0.6 is 0 Å². The number of ether oxygens (including phenoxy) is 1. The van der Waals surface area contributed by atoms with Crippen LogP contribution in [0.5, 0.6) is 11.5 Å². The van der Waals surface area contributed by atoms with Crippen molar-refractivity contribution in [3.05, 3.63) is 229 Å². The summed E-state index contributed by atoms with van der Waals surface area (Å²) in [6.45, 7) is 13.4. The number of benzene rings is 9. The average molecular weight is 955 g/mol. The van der Waals surface area contributed by atoms with E-state index in [-0.39, 0.29) is 50.6 Å². The van der Waals surface area contributed by atoms with Gasteiger partial charge in [0.05, 0.1) is 47.5 Å². The second kappa shape index (κ2) is 17.0. The molecule has 0 aliphatic carbocycles. The molecule has 13 rings (SSSR count). The molecule has 9 aromatic carbocycles. The molecule has 5 heteroatoms. The van der Waals surface area contributed by atoms with Crippen molar-refractivity contribution in [2.24, 2.45) is 0 Å². The smallest absolute Gasteiger partial charge is 0.138 e. The van der Waals surface area contributed by atoms with Gasteiger partial charge in [0.2, 0.25) is 0 Å². The monoisotopic (exact) mass is 955 g/mol. The van der Waals surface area contributed by atoms with Crippen molar-refractivity contribution < 1.29 is 18.4 Å². The third kappa shape index (κ3) is 7.75. The lowest BCUT2D eigenvalue weighted by molar-refractivity contribution is 0.483. The fourth-order valence-electron chi connectivity index (χ4n) is 10.3. The van der Waals surface area contributed by atoms with E-state index >= 15 is 0 Å². The molecule has 0 saturated heterocycles. The first kappa shape index (κ1) is 34.6. The van der Waals surface area contributed by atoms with Gasteiger partial charge >= 0.3 is 0 Å². The molecule has 4 heterocycles. The molecule has 0 amide bonds. The summed E-state index contributed by atoms with van der Waals surface area (Å²) in [6.07, 6.45) is 0. The molecule has 10 bridgehead atoms. The molecule has 0 N–H and O–H groups in total. The van der Waals surface area contributed by atoms with E-state index in [0.717, 1.165) is 67.3 Å². The molecular weight excluding hydrogens is 889 g/mol. The van der Waals surface area contributed by atoms with E-state index in [1.807, 2.05) is 48.5 Å². The quantitative estimate of drug-likeness (QED) is 0.173. The second-order valence-corrected chi connectivity index (χ2v) is 20.9. The number of pyridine rings is 1. The van der Waals surface area contributed by atoms with Gasteiger partial charge in [-0.3, -0.25) is 4.57 Å². The van der Waals surface area contributed by atoms with Crippen LogP contribution in [0.1, 0.15) is 66.4 Å². The average Bonchev–Trinajstić information content (AvgIpc) is 3.18. The normalized spacial score (nSPS) is 15.0. The van der Waals surface area contributed by atoms with Crippen molar-refractivity contribution in [1.82, 2.24) is 9.55 Å². The molecule has 2 aliphatic heterocycles. The Morgan fingerprint density at radius 1 is 0.466 bits per heavy atom. The van der Waals surface area contributed by atoms with Gasteiger partial charge in [0.25, 0.3) is 0 Å². The fourth-order valence-corrected chi connectivity index (χ4v) is 10.3. The third-order valence-electron chi connectivity index (χ3n) is 14.1. The van der Waals surface area contributed by atoms with Gasteiger partial charge in [-0.25, -0.2) is 4.98 Å². The molecule has 0 radical (unpaired) electrons. The molecule has 2 aliphatic rings. The Kier molecular flexibility index (Phi) is 8.06. The molecular formula is C68H56N4O. The minimum absolute atomic E-state index is 0.00166. The molecule has 354 valence electrons. The fraction of sp³-hybridized carbons (Fsp3) is 0.132. The Hall–Kier alpha value is -8.67. The molecule has 2 aromatic heterocycles. The van der Waals surface area contributed by atoms with Crippen LogP contribution in [-0.2, 0) is 10.8 Å². The lowest BCUT2D eigenvalue weighted by Gasteiger charge is -2.31. The van der Waals surface area contributed by atoms with E-state index in [1.165, 1.54) is 5.56 Å². The van der Waals surface area contributed by atoms with E-state index in [9.17, 15) is 6.85 Å². The first-order chi connectivity index (χ1) is 39.6. The van der Waals surface area contributed by atoms with Gasteiger partial charge in [-0.1, -0.05) is 169 Å². The standard InChI is InChI=1S/C68H56N4O/c1-67(2,3)49-37-57(45-21-11-8-12-22-45)66-59(38-49)55-28-14-13-27-54(55)47-23-17-24-48(35-47)60-39-50(68(4,5)6)40-65(69-60)72-61-34-31-46(44-19-9-7-10-20-44)36-58(61)56-33-32-53(42-64(56)72)73-52-26-18-25-51(41-52)70-43-71(66)63-30-16-15-29-62(63)70/h7-42H,43H2,1-6H3/i7D,9D,10D,19D,20D,31D,32D,33D,34D,36D. The zero-order valence-electron chi connectivity index (χ0n) is 51.4. The van der Waals surface area contributed by atoms with Crippen molar-refractivity contribution >= 4 is 44.6 Å². The van der Waals surface area contributed by atoms with Crippen LogP contribution in [0.25, 0.3) is 83.4 Å². The Morgan fingerprint density at radius 3 is 1.95 bits per heavy atom. The van der Waals surface area contributed by atoms with Crippen molar-refractivity contribution in [3.8, 4) is 73.1 Å². The predicted octanol–water partition coefficient (Wildman–Crippen LogP) is 18.5. The highest BCUT2D eigenvalue weighted by Crippen LogP contribution is 2.53. The maximum atomic E-state index is 9.96. The Morgan fingerprint density at radius 2 is 1.15 bits per heavy atom. The van der Waals surface area contributed by atoms with E-state index in [0.29, 0.717) is 23.9 Å². The number of nitrogens with zero attached hydrogens (tertiary/aromatic N) is 4. The molecule has 5 nitrogen and oxygen atoms in total. The Labute approximate surface area is 442 Å². The predicted molar refractivity (Wildman–Crippen MR) is 305 cm³/mol. The lowest BCUT2D eigenvalue weighted by atomic mass is 9.81. The number of rotatable bonds is 2. The van der Waals surface area contributed by atoms with E-state index in [2.05, 4.69) is 148 Å². The number of anilines is 4. The Bertz CT molecular complexity index is 4530. The van der Waals surface area contributed by atoms with Crippen LogP contribution in [0.4, 0.5) is 22.7 Å². The van der Waals surface area contributed by atoms with Crippen LogP contribution in [0.2, 0.25) is 0 Å². The molecule has 0 spiro atoms. The molecule has 73 heavy (non-hydrogen) atoms. The van der Waals surface area contributed by atoms with Crippen LogP contribution < -0.4 is 14.5 Å². The first-order valence-corrected chi connectivity index (χ1v) is 24.6. The molecule has 0 atom stereocenters. The van der Waals surface area contributed by atoms with Crippen molar-refractivity contribution in [2.75, 3.05) is 16.5 Å². The van der Waals surface area contributed by atoms with Crippen LogP contribution in [0.3, 0.4) is 0 Å². The van der Waals surface area contributed by atoms with Gasteiger partial charge in [-0.15, -0.1) is 0 Å². The van der Waals surface area contributed by atoms with Gasteiger partial charge in [-0.2, -0.15) is 0 Å². The number of para-hydroxylation sites is 2. The third-order valence-corrected chi connectivity index (χ3v) is 14.1. The van der Waals surface area contributed by atoms with Gasteiger partial charge in [0.15, 0.2) is 0 Å². The number of hydrogen-bond acceptors (Lipinski definition) is 4. The van der Waals surface area contributed by atoms with Crippen molar-refractivity contribution in [1.29, 1.82) is 0 Å². The highest BCUT2D eigenvalue weighted by Gasteiger charge is 2.33. The minimum Gasteiger partial charge on any atom is -0.457 e. The molecule has 0 saturated carbocycles. The maximum absolute atomic E-state index is 9.96. The summed E-state index contributed by atoms with van der Waals surface area (Å²) in [5.74, 6) is 0.675. The first-order valence-electron chi connectivity index (χ1n) is 29.6. The lowest BCUT2D eigenvalue weighted by Crippen LogP contribution is -2.25. The minimum atomic E-state index is -0.655. The van der Waals surface area contributed by atoms with Crippen LogP contribution in [0, 0.1) is 0 Å². The topological polar surface area (TPSA) is 33.5 Å². The van der Waals surface area contributed by atoms with Gasteiger partial charge in [-0.05, 0) is 134 Å². The van der Waals surface area contributed by atoms with Crippen LogP contribution in [0.15, 0.2) is 218 Å². The van der Waals surface area contributed by atoms with E-state index in [1.54, 1.807) is 16.7 Å². The molecule has 0 fully saturated rings. The highest BCUT2D eigenvalue weighted by molar-refractivity contribution is 6.11. The number of fused-ring (bicyclic) bond motifs is 23. The number of hydrogen-bond donors (Lipinski definition) is 0. The SMILES string of the molecule is [2H]c1c([2H])c([2H])c(-c2c([2H])c([2H])c3c(c2[2H])c2c([2H])c([2H])c4cc2n3-c2cc(C(C)(C)C)cc(n2)-c2cccc(c2)-c2ccccc2-c2cc(C(C)(C)C)cc(-c3ccccc3)c2N2CN(c3cccc(c3)O4)c3ccccc32)c([2H])c1[2H]. The van der Waals surface area contributed by atoms with E-state index < -0.39 is 59.3 Å². The zero-order valence-corrected chi connectivity index (χ0v) is 41.4. The van der Waals surface area contributed by atoms with Gasteiger partial charge in [0, 0.05) is 45.3 Å². The summed E-state index contributed by atoms with van der Waals surface area (Å²) in [4.78, 5) is 10.1. The highest BCUT2D eigenvalue weighted by atomic mass is 16.5. The largest absolute Gasteiger partial charge is 0.457 e. The summed E-state index contributed by atoms with van der Waals surface area (Å²) < 4.78 is 101. The van der Waals surface area contributed by atoms with Crippen LogP contribution in [-0.4, -0.2) is 16.2 Å². The van der Waals surface area contributed by atoms with Crippen molar-refractivity contribution in [3.63, 3.8) is 0 Å². The summed E-state index contributed by atoms with van der Waals surface area (Å²) in [5.41, 5.74) is 12.2. The van der Waals surface area contributed by atoms with Crippen molar-refractivity contribution in [2.45, 2.75) is 52.4 Å². The summed E-state index contributed by atoms with van der Waals surface area (Å²) >= 11 is 0. The second-order valence-electron chi connectivity index (χ2n) is 20.9. The van der Waals surface area contributed by atoms with E-state index in [4.69, 9.17) is 16.6 Å². The summed E-state index contributed by atoms with van der Waals surface area (Å²) in [5, 5.41) is 0.0487. The van der Waals surface area contributed by atoms with Gasteiger partial charge < -0.3 is 14.5 Å². The van der Waals surface area contributed by atoms with Gasteiger partial charge in [0.1, 0.15) is 24.0 Å². The summed E-state index contributed by atoms with van der Waals surface area (Å²) in [7, 11) is 0. The Balaban J connectivity index is 1.16. The molecule has 11 aromatic rings. The zero-order chi connectivity index (χ0) is 58.3. The number of aromatic nitrogens is 2. The molecule has 0 unspecified atom stereocenters.